The number of H-pyrrole nitrogens is 1. The molecule has 0 atom stereocenters. The van der Waals surface area contributed by atoms with Gasteiger partial charge in [0.2, 0.25) is 0 Å². The number of carbonyl (C=O) groups is 2. The predicted molar refractivity (Wildman–Crippen MR) is 116 cm³/mol. The molecule has 0 unspecified atom stereocenters. The zero-order chi connectivity index (χ0) is 20.1. The Morgan fingerprint density at radius 3 is 2.55 bits per heavy atom. The third kappa shape index (κ3) is 4.44. The second-order valence-corrected chi connectivity index (χ2v) is 7.46. The number of fused-ring (bicyclic) bond motifs is 1. The van der Waals surface area contributed by atoms with Crippen LogP contribution in [0.2, 0.25) is 0 Å². The van der Waals surface area contributed by atoms with Gasteiger partial charge in [-0.15, -0.1) is 11.3 Å². The van der Waals surface area contributed by atoms with Crippen LogP contribution in [0.15, 0.2) is 84.0 Å². The van der Waals surface area contributed by atoms with Crippen molar-refractivity contribution in [1.82, 2.24) is 15.6 Å². The maximum atomic E-state index is 12.9. The molecule has 4 aromatic rings. The van der Waals surface area contributed by atoms with Crippen LogP contribution in [0.4, 0.5) is 0 Å². The molecule has 0 fully saturated rings. The number of thiophene rings is 1. The van der Waals surface area contributed by atoms with Gasteiger partial charge in [0.1, 0.15) is 5.70 Å². The quantitative estimate of drug-likeness (QED) is 0.421. The molecule has 3 N–H and O–H groups in total. The lowest BCUT2D eigenvalue weighted by Crippen LogP contribution is -2.34. The second-order valence-electron chi connectivity index (χ2n) is 6.43. The molecule has 2 aromatic heterocycles. The van der Waals surface area contributed by atoms with Crippen molar-refractivity contribution in [2.24, 2.45) is 0 Å². The van der Waals surface area contributed by atoms with Crippen molar-refractivity contribution in [2.75, 3.05) is 0 Å². The smallest absolute Gasteiger partial charge is 0.268 e. The molecule has 6 heteroatoms. The molecule has 0 saturated carbocycles. The van der Waals surface area contributed by atoms with Gasteiger partial charge < -0.3 is 15.6 Å². The number of rotatable bonds is 6. The van der Waals surface area contributed by atoms with Crippen LogP contribution in [0.5, 0.6) is 0 Å². The van der Waals surface area contributed by atoms with Crippen LogP contribution in [0.1, 0.15) is 20.8 Å². The monoisotopic (exact) mass is 401 g/mol. The summed E-state index contributed by atoms with van der Waals surface area (Å²) in [6.07, 6.45) is 3.52. The largest absolute Gasteiger partial charge is 0.361 e. The van der Waals surface area contributed by atoms with Gasteiger partial charge in [-0.05, 0) is 35.7 Å². The fraction of sp³-hybridized carbons (Fsp3) is 0.0435. The number of benzene rings is 2. The molecule has 2 aromatic carbocycles. The summed E-state index contributed by atoms with van der Waals surface area (Å²) < 4.78 is 0. The Morgan fingerprint density at radius 2 is 1.76 bits per heavy atom. The number of aromatic amines is 1. The van der Waals surface area contributed by atoms with E-state index in [9.17, 15) is 9.59 Å². The Kier molecular flexibility index (Phi) is 5.54. The number of hydrogen-bond acceptors (Lipinski definition) is 3. The number of hydrogen-bond donors (Lipinski definition) is 3. The summed E-state index contributed by atoms with van der Waals surface area (Å²) in [5, 5.41) is 8.58. The number of para-hydroxylation sites is 1. The molecule has 144 valence electrons. The van der Waals surface area contributed by atoms with Crippen molar-refractivity contribution >= 4 is 40.1 Å². The first-order valence-electron chi connectivity index (χ1n) is 9.15. The van der Waals surface area contributed by atoms with Gasteiger partial charge in [0.15, 0.2) is 0 Å². The lowest BCUT2D eigenvalue weighted by molar-refractivity contribution is -0.117. The van der Waals surface area contributed by atoms with E-state index in [2.05, 4.69) is 15.6 Å². The van der Waals surface area contributed by atoms with Crippen molar-refractivity contribution in [3.63, 3.8) is 0 Å². The minimum Gasteiger partial charge on any atom is -0.361 e. The average molecular weight is 401 g/mol. The van der Waals surface area contributed by atoms with E-state index in [-0.39, 0.29) is 17.5 Å². The highest BCUT2D eigenvalue weighted by Crippen LogP contribution is 2.20. The fourth-order valence-electron chi connectivity index (χ4n) is 2.99. The number of aromatic nitrogens is 1. The van der Waals surface area contributed by atoms with E-state index >= 15 is 0 Å². The highest BCUT2D eigenvalue weighted by atomic mass is 32.1. The molecule has 5 nitrogen and oxygen atoms in total. The van der Waals surface area contributed by atoms with Gasteiger partial charge >= 0.3 is 0 Å². The SMILES string of the molecule is O=C(NCc1cccs1)/C(=C\c1c[nH]c2ccccc12)NC(=O)c1ccccc1. The molecule has 0 aliphatic heterocycles. The van der Waals surface area contributed by atoms with Crippen molar-refractivity contribution in [1.29, 1.82) is 0 Å². The lowest BCUT2D eigenvalue weighted by Gasteiger charge is -2.11. The van der Waals surface area contributed by atoms with Crippen LogP contribution >= 0.6 is 11.3 Å². The molecule has 4 rings (SSSR count). The van der Waals surface area contributed by atoms with Gasteiger partial charge in [0.25, 0.3) is 11.8 Å². The normalized spacial score (nSPS) is 11.4. The van der Waals surface area contributed by atoms with Crippen LogP contribution in [0, 0.1) is 0 Å². The average Bonchev–Trinajstić information content (AvgIpc) is 3.42. The van der Waals surface area contributed by atoms with Crippen LogP contribution < -0.4 is 10.6 Å². The molecular formula is C23H19N3O2S. The highest BCUT2D eigenvalue weighted by Gasteiger charge is 2.15. The summed E-state index contributed by atoms with van der Waals surface area (Å²) in [5.74, 6) is -0.670. The van der Waals surface area contributed by atoms with Crippen LogP contribution in [0.25, 0.3) is 17.0 Å². The summed E-state index contributed by atoms with van der Waals surface area (Å²) >= 11 is 1.57. The van der Waals surface area contributed by atoms with Gasteiger partial charge in [-0.3, -0.25) is 9.59 Å². The predicted octanol–water partition coefficient (Wildman–Crippen LogP) is 4.32. The van der Waals surface area contributed by atoms with E-state index in [1.165, 1.54) is 0 Å². The minimum atomic E-state index is -0.340. The van der Waals surface area contributed by atoms with Gasteiger partial charge in [-0.2, -0.15) is 0 Å². The first-order chi connectivity index (χ1) is 14.2. The molecule has 0 radical (unpaired) electrons. The Balaban J connectivity index is 1.62. The maximum absolute atomic E-state index is 12.9. The van der Waals surface area contributed by atoms with E-state index in [1.807, 2.05) is 54.0 Å². The van der Waals surface area contributed by atoms with Gasteiger partial charge in [-0.25, -0.2) is 0 Å². The first-order valence-corrected chi connectivity index (χ1v) is 10.0. The third-order valence-corrected chi connectivity index (χ3v) is 5.33. The number of carbonyl (C=O) groups excluding carboxylic acids is 2. The second kappa shape index (κ2) is 8.58. The van der Waals surface area contributed by atoms with Crippen molar-refractivity contribution in [2.45, 2.75) is 6.54 Å². The number of nitrogens with one attached hydrogen (secondary N) is 3. The Morgan fingerprint density at radius 1 is 0.966 bits per heavy atom. The molecule has 2 amide bonds. The van der Waals surface area contributed by atoms with Gasteiger partial charge in [0, 0.05) is 33.1 Å². The van der Waals surface area contributed by atoms with Crippen LogP contribution in [-0.4, -0.2) is 16.8 Å². The molecule has 0 bridgehead atoms. The third-order valence-electron chi connectivity index (χ3n) is 4.45. The topological polar surface area (TPSA) is 74.0 Å². The van der Waals surface area contributed by atoms with E-state index in [1.54, 1.807) is 41.7 Å². The lowest BCUT2D eigenvalue weighted by atomic mass is 10.1. The Bertz CT molecular complexity index is 1160. The van der Waals surface area contributed by atoms with Crippen LogP contribution in [-0.2, 0) is 11.3 Å². The summed E-state index contributed by atoms with van der Waals surface area (Å²) in [5.41, 5.74) is 2.48. The maximum Gasteiger partial charge on any atom is 0.268 e. The molecular weight excluding hydrogens is 382 g/mol. The summed E-state index contributed by atoms with van der Waals surface area (Å²) in [6.45, 7) is 0.406. The standard InChI is InChI=1S/C23H19N3O2S/c27-22(16-7-2-1-3-8-16)26-21(23(28)25-15-18-9-6-12-29-18)13-17-14-24-20-11-5-4-10-19(17)20/h1-14,24H,15H2,(H,25,28)(H,26,27)/b21-13+. The Hall–Kier alpha value is -3.64. The molecule has 0 aliphatic rings. The summed E-state index contributed by atoms with van der Waals surface area (Å²) in [4.78, 5) is 29.7. The van der Waals surface area contributed by atoms with E-state index < -0.39 is 0 Å². The zero-order valence-corrected chi connectivity index (χ0v) is 16.3. The van der Waals surface area contributed by atoms with E-state index in [0.29, 0.717) is 12.1 Å². The highest BCUT2D eigenvalue weighted by molar-refractivity contribution is 7.09. The van der Waals surface area contributed by atoms with Crippen molar-refractivity contribution in [3.05, 3.63) is 100 Å². The molecule has 0 saturated heterocycles. The molecule has 29 heavy (non-hydrogen) atoms. The Labute approximate surface area is 172 Å². The zero-order valence-electron chi connectivity index (χ0n) is 15.5. The van der Waals surface area contributed by atoms with Crippen molar-refractivity contribution in [3.8, 4) is 0 Å². The minimum absolute atomic E-state index is 0.195. The van der Waals surface area contributed by atoms with E-state index in [4.69, 9.17) is 0 Å². The molecule has 0 aliphatic carbocycles. The van der Waals surface area contributed by atoms with Gasteiger partial charge in [-0.1, -0.05) is 42.5 Å². The molecule has 0 spiro atoms. The van der Waals surface area contributed by atoms with E-state index in [0.717, 1.165) is 21.3 Å². The van der Waals surface area contributed by atoms with Crippen LogP contribution in [0.3, 0.4) is 0 Å². The fourth-order valence-corrected chi connectivity index (χ4v) is 3.63. The number of amides is 2. The summed E-state index contributed by atoms with van der Waals surface area (Å²) in [6, 6.07) is 20.5. The van der Waals surface area contributed by atoms with Crippen molar-refractivity contribution < 1.29 is 9.59 Å². The first kappa shape index (κ1) is 18.7. The molecule has 2 heterocycles. The summed E-state index contributed by atoms with van der Waals surface area (Å²) in [7, 11) is 0. The van der Waals surface area contributed by atoms with Gasteiger partial charge in [0.05, 0.1) is 6.54 Å².